The molecule has 0 bridgehead atoms. The van der Waals surface area contributed by atoms with Gasteiger partial charge >= 0.3 is 17.1 Å². The fraction of sp³-hybridized carbons (Fsp3) is 0.667. The van der Waals surface area contributed by atoms with Crippen molar-refractivity contribution in [2.24, 2.45) is 11.8 Å². The van der Waals surface area contributed by atoms with Crippen LogP contribution in [0.3, 0.4) is 0 Å². The molecule has 0 aliphatic rings. The molecule has 0 amide bonds. The van der Waals surface area contributed by atoms with Crippen LogP contribution in [0.15, 0.2) is 0 Å². The minimum Gasteiger partial charge on any atom is -0.550 e. The van der Waals surface area contributed by atoms with E-state index < -0.39 is 24.8 Å². The molecule has 0 aromatic heterocycles. The van der Waals surface area contributed by atoms with E-state index >= 15 is 0 Å². The summed E-state index contributed by atoms with van der Waals surface area (Å²) >= 11 is 0. The van der Waals surface area contributed by atoms with Crippen molar-refractivity contribution in [3.05, 3.63) is 0 Å². The van der Waals surface area contributed by atoms with Crippen molar-refractivity contribution in [2.45, 2.75) is 40.5 Å². The second-order valence-electron chi connectivity index (χ2n) is 4.34. The van der Waals surface area contributed by atoms with Crippen molar-refractivity contribution < 1.29 is 46.5 Å². The van der Waals surface area contributed by atoms with Crippen LogP contribution in [0.2, 0.25) is 0 Å². The molecule has 0 saturated carbocycles. The molecule has 113 valence electrons. The normalized spacial score (nSPS) is 9.16. The van der Waals surface area contributed by atoms with Gasteiger partial charge in [-0.15, -0.1) is 0 Å². The number of carboxylic acids is 2. The zero-order valence-electron chi connectivity index (χ0n) is 11.3. The average molecular weight is 322 g/mol. The van der Waals surface area contributed by atoms with Crippen LogP contribution in [0, 0.1) is 11.8 Å². The Balaban J connectivity index is -0.000000256. The molecule has 0 unspecified atom stereocenters. The summed E-state index contributed by atoms with van der Waals surface area (Å²) < 4.78 is 0. The molecule has 6 nitrogen and oxygen atoms in total. The molecule has 0 heterocycles. The molecular weight excluding hydrogens is 304 g/mol. The van der Waals surface area contributed by atoms with Gasteiger partial charge in [0.1, 0.15) is 11.6 Å². The third kappa shape index (κ3) is 16.8. The molecule has 7 heteroatoms. The van der Waals surface area contributed by atoms with Gasteiger partial charge in [0.25, 0.3) is 0 Å². The first-order valence-electron chi connectivity index (χ1n) is 5.53. The number of hydrogen-bond acceptors (Lipinski definition) is 6. The number of carboxylic acid groups (broad SMARTS) is 2. The van der Waals surface area contributed by atoms with Crippen molar-refractivity contribution in [1.82, 2.24) is 0 Å². The van der Waals surface area contributed by atoms with Crippen molar-refractivity contribution in [3.8, 4) is 0 Å². The molecule has 0 aromatic carbocycles. The third-order valence-corrected chi connectivity index (χ3v) is 1.93. The maximum absolute atomic E-state index is 10.5. The van der Waals surface area contributed by atoms with Gasteiger partial charge in [0, 0.05) is 36.6 Å². The van der Waals surface area contributed by atoms with Gasteiger partial charge in [-0.2, -0.15) is 0 Å². The van der Waals surface area contributed by atoms with Crippen molar-refractivity contribution in [1.29, 1.82) is 0 Å². The van der Waals surface area contributed by atoms with Crippen LogP contribution in [-0.2, 0) is 36.2 Å². The molecule has 0 atom stereocenters. The number of Topliss-reactive ketones (excluding diaryl/α,β-unsaturated/α-hetero) is 2. The van der Waals surface area contributed by atoms with Crippen LogP contribution >= 0.6 is 0 Å². The fourth-order valence-electron chi connectivity index (χ4n) is 0.693. The molecule has 0 aliphatic carbocycles. The zero-order valence-corrected chi connectivity index (χ0v) is 12.3. The summed E-state index contributed by atoms with van der Waals surface area (Å²) in [6.07, 6.45) is -0.921. The number of ketones is 2. The van der Waals surface area contributed by atoms with E-state index in [0.717, 1.165) is 0 Å². The second-order valence-corrected chi connectivity index (χ2v) is 4.34. The predicted octanol–water partition coefficient (Wildman–Crippen LogP) is -1.30. The van der Waals surface area contributed by atoms with Gasteiger partial charge in [0.05, 0.1) is 0 Å². The van der Waals surface area contributed by atoms with Crippen LogP contribution in [0.4, 0.5) is 0 Å². The first-order valence-corrected chi connectivity index (χ1v) is 5.53. The first-order chi connectivity index (χ1) is 8.07. The Morgan fingerprint density at radius 2 is 0.947 bits per heavy atom. The van der Waals surface area contributed by atoms with Crippen LogP contribution in [0.1, 0.15) is 40.5 Å². The van der Waals surface area contributed by atoms with Gasteiger partial charge in [-0.1, -0.05) is 27.7 Å². The van der Waals surface area contributed by atoms with Gasteiger partial charge in [0.15, 0.2) is 0 Å². The summed E-state index contributed by atoms with van der Waals surface area (Å²) in [6, 6.07) is 0. The van der Waals surface area contributed by atoms with E-state index in [1.165, 1.54) is 0 Å². The maximum atomic E-state index is 10.5. The minimum atomic E-state index is -1.30. The maximum Gasteiger partial charge on any atom is 2.00 e. The van der Waals surface area contributed by atoms with E-state index in [2.05, 4.69) is 0 Å². The van der Waals surface area contributed by atoms with Crippen LogP contribution in [0.25, 0.3) is 0 Å². The Bertz CT molecular complexity index is 290. The Hall–Kier alpha value is -1.20. The minimum absolute atomic E-state index is 0. The molecule has 19 heavy (non-hydrogen) atoms. The van der Waals surface area contributed by atoms with Gasteiger partial charge < -0.3 is 19.8 Å². The van der Waals surface area contributed by atoms with E-state index in [1.807, 2.05) is 0 Å². The van der Waals surface area contributed by atoms with Gasteiger partial charge in [0.2, 0.25) is 0 Å². The topological polar surface area (TPSA) is 114 Å². The van der Waals surface area contributed by atoms with E-state index in [1.54, 1.807) is 27.7 Å². The summed E-state index contributed by atoms with van der Waals surface area (Å²) in [6.45, 7) is 6.63. The molecule has 1 radical (unpaired) electrons. The van der Waals surface area contributed by atoms with Crippen molar-refractivity contribution >= 4 is 23.5 Å². The summed E-state index contributed by atoms with van der Waals surface area (Å²) in [5, 5.41) is 19.6. The molecule has 0 aromatic rings. The summed E-state index contributed by atoms with van der Waals surface area (Å²) in [7, 11) is 0. The standard InChI is InChI=1S/2C6H10O3.Cu/c2*1-4(2)5(7)3-6(8)9;/h2*4H,3H2,1-2H3,(H,8,9);/q;;+2/p-2. The van der Waals surface area contributed by atoms with E-state index in [0.29, 0.717) is 0 Å². The number of rotatable bonds is 6. The predicted molar refractivity (Wildman–Crippen MR) is 58.9 cm³/mol. The first kappa shape index (κ1) is 22.9. The van der Waals surface area contributed by atoms with Crippen LogP contribution in [-0.4, -0.2) is 23.5 Å². The molecule has 0 saturated heterocycles. The van der Waals surface area contributed by atoms with Gasteiger partial charge in [-0.3, -0.25) is 9.59 Å². The quantitative estimate of drug-likeness (QED) is 0.443. The Labute approximate surface area is 123 Å². The third-order valence-electron chi connectivity index (χ3n) is 1.93. The second kappa shape index (κ2) is 11.9. The number of hydrogen-bond donors (Lipinski definition) is 0. The summed E-state index contributed by atoms with van der Waals surface area (Å²) in [4.78, 5) is 40.6. The number of carbonyl (C=O) groups is 4. The Morgan fingerprint density at radius 3 is 1.00 bits per heavy atom. The van der Waals surface area contributed by atoms with E-state index in [9.17, 15) is 29.4 Å². The molecular formula is C12H18CuO6. The van der Waals surface area contributed by atoms with Gasteiger partial charge in [-0.25, -0.2) is 0 Å². The zero-order chi connectivity index (χ0) is 14.9. The monoisotopic (exact) mass is 321 g/mol. The van der Waals surface area contributed by atoms with E-state index in [4.69, 9.17) is 0 Å². The Kier molecular flexibility index (Phi) is 14.3. The fourth-order valence-corrected chi connectivity index (χ4v) is 0.693. The number of carbonyl (C=O) groups excluding carboxylic acids is 4. The summed E-state index contributed by atoms with van der Waals surface area (Å²) in [5.74, 6) is -3.57. The van der Waals surface area contributed by atoms with Crippen molar-refractivity contribution in [3.63, 3.8) is 0 Å². The molecule has 0 rings (SSSR count). The van der Waals surface area contributed by atoms with Crippen LogP contribution in [0.5, 0.6) is 0 Å². The molecule has 0 spiro atoms. The largest absolute Gasteiger partial charge is 2.00 e. The molecule has 0 N–H and O–H groups in total. The molecule has 0 fully saturated rings. The number of aliphatic carboxylic acids is 2. The van der Waals surface area contributed by atoms with Gasteiger partial charge in [-0.05, 0) is 0 Å². The molecule has 0 aliphatic heterocycles. The smallest absolute Gasteiger partial charge is 0.550 e. The van der Waals surface area contributed by atoms with Crippen LogP contribution < -0.4 is 10.2 Å². The average Bonchev–Trinajstić information content (AvgIpc) is 2.16. The van der Waals surface area contributed by atoms with Crippen molar-refractivity contribution in [2.75, 3.05) is 0 Å². The SMILES string of the molecule is CC(C)C(=O)CC(=O)[O-].CC(C)C(=O)CC(=O)[O-].[Cu+2]. The van der Waals surface area contributed by atoms with E-state index in [-0.39, 0.29) is 40.5 Å². The Morgan fingerprint density at radius 1 is 0.737 bits per heavy atom. The summed E-state index contributed by atoms with van der Waals surface area (Å²) in [5.41, 5.74) is 0.